The van der Waals surface area contributed by atoms with Crippen molar-refractivity contribution < 1.29 is 4.74 Å². The molecule has 0 aromatic carbocycles. The molecule has 2 aliphatic rings. The molecule has 0 aliphatic carbocycles. The first-order chi connectivity index (χ1) is 10.3. The number of nitrogens with one attached hydrogen (secondary N) is 1. The number of rotatable bonds is 3. The Balaban J connectivity index is 1.73. The number of nitrogens with zero attached hydrogens (tertiary/aromatic N) is 4. The Hall–Kier alpha value is -1.05. The van der Waals surface area contributed by atoms with Crippen molar-refractivity contribution in [2.45, 2.75) is 43.9 Å². The van der Waals surface area contributed by atoms with Crippen LogP contribution in [0.15, 0.2) is 0 Å². The van der Waals surface area contributed by atoms with Gasteiger partial charge in [-0.15, -0.1) is 10.2 Å². The van der Waals surface area contributed by atoms with Gasteiger partial charge in [-0.2, -0.15) is 9.61 Å². The summed E-state index contributed by atoms with van der Waals surface area (Å²) >= 11 is 1.72. The van der Waals surface area contributed by atoms with Crippen LogP contribution in [0.3, 0.4) is 0 Å². The highest BCUT2D eigenvalue weighted by Crippen LogP contribution is 2.39. The quantitative estimate of drug-likeness (QED) is 0.935. The van der Waals surface area contributed by atoms with E-state index in [2.05, 4.69) is 22.4 Å². The molecule has 7 heteroatoms. The van der Waals surface area contributed by atoms with Gasteiger partial charge in [-0.1, -0.05) is 18.3 Å². The van der Waals surface area contributed by atoms with Gasteiger partial charge >= 0.3 is 0 Å². The summed E-state index contributed by atoms with van der Waals surface area (Å²) in [6, 6.07) is 0. The third-order valence-electron chi connectivity index (χ3n) is 5.00. The van der Waals surface area contributed by atoms with Gasteiger partial charge in [-0.05, 0) is 38.8 Å². The van der Waals surface area contributed by atoms with Gasteiger partial charge < -0.3 is 10.1 Å². The molecule has 0 spiro atoms. The van der Waals surface area contributed by atoms with Gasteiger partial charge in [0.25, 0.3) is 0 Å². The molecular formula is C14H21N5OS. The highest BCUT2D eigenvalue weighted by atomic mass is 32.1. The fourth-order valence-corrected chi connectivity index (χ4v) is 4.63. The lowest BCUT2D eigenvalue weighted by Crippen LogP contribution is -2.39. The van der Waals surface area contributed by atoms with Crippen molar-refractivity contribution in [2.75, 3.05) is 26.3 Å². The van der Waals surface area contributed by atoms with Crippen molar-refractivity contribution in [1.82, 2.24) is 25.1 Å². The Morgan fingerprint density at radius 2 is 2.24 bits per heavy atom. The Morgan fingerprint density at radius 3 is 2.95 bits per heavy atom. The Kier molecular flexibility index (Phi) is 3.43. The molecule has 4 heterocycles. The fourth-order valence-electron chi connectivity index (χ4n) is 3.46. The molecule has 2 aromatic heterocycles. The first-order valence-corrected chi connectivity index (χ1v) is 8.65. The minimum Gasteiger partial charge on any atom is -0.381 e. The van der Waals surface area contributed by atoms with E-state index in [9.17, 15) is 0 Å². The molecule has 0 radical (unpaired) electrons. The summed E-state index contributed by atoms with van der Waals surface area (Å²) in [5.74, 6) is 1.32. The molecule has 2 aliphatic heterocycles. The van der Waals surface area contributed by atoms with Crippen molar-refractivity contribution in [3.05, 3.63) is 10.8 Å². The molecule has 1 atom stereocenters. The molecular weight excluding hydrogens is 286 g/mol. The van der Waals surface area contributed by atoms with Crippen LogP contribution in [0.2, 0.25) is 0 Å². The zero-order valence-electron chi connectivity index (χ0n) is 12.3. The Labute approximate surface area is 127 Å². The van der Waals surface area contributed by atoms with Crippen LogP contribution in [0, 0.1) is 0 Å². The normalized spacial score (nSPS) is 25.7. The summed E-state index contributed by atoms with van der Waals surface area (Å²) < 4.78 is 7.45. The largest absolute Gasteiger partial charge is 0.381 e. The highest BCUT2D eigenvalue weighted by Gasteiger charge is 2.36. The smallest absolute Gasteiger partial charge is 0.234 e. The molecule has 0 saturated carbocycles. The third kappa shape index (κ3) is 2.18. The lowest BCUT2D eigenvalue weighted by molar-refractivity contribution is 0.193. The molecule has 2 fully saturated rings. The molecule has 1 unspecified atom stereocenters. The Bertz CT molecular complexity index is 624. The van der Waals surface area contributed by atoms with E-state index in [1.165, 1.54) is 5.01 Å². The Morgan fingerprint density at radius 1 is 1.38 bits per heavy atom. The molecule has 2 aromatic rings. The summed E-state index contributed by atoms with van der Waals surface area (Å²) in [5, 5.41) is 18.3. The van der Waals surface area contributed by atoms with E-state index < -0.39 is 0 Å². The standard InChI is InChI=1S/C14H21N5OS/c1-2-14(4-6-15-7-5-14)12-18-19-11(10-3-8-20-9-10)16-17-13(19)21-12/h10,15H,2-9H2,1H3. The van der Waals surface area contributed by atoms with Crippen molar-refractivity contribution in [1.29, 1.82) is 0 Å². The molecule has 6 nitrogen and oxygen atoms in total. The number of fused-ring (bicyclic) bond motifs is 1. The summed E-state index contributed by atoms with van der Waals surface area (Å²) in [6.07, 6.45) is 4.49. The maximum atomic E-state index is 5.48. The first kappa shape index (κ1) is 13.6. The second-order valence-electron chi connectivity index (χ2n) is 6.10. The average molecular weight is 307 g/mol. The topological polar surface area (TPSA) is 64.3 Å². The average Bonchev–Trinajstić information content (AvgIpc) is 3.23. The maximum Gasteiger partial charge on any atom is 0.234 e. The minimum absolute atomic E-state index is 0.222. The lowest BCUT2D eigenvalue weighted by atomic mass is 9.77. The van der Waals surface area contributed by atoms with Crippen molar-refractivity contribution in [2.24, 2.45) is 0 Å². The van der Waals surface area contributed by atoms with Gasteiger partial charge in [0.15, 0.2) is 5.82 Å². The molecule has 0 amide bonds. The van der Waals surface area contributed by atoms with Crippen molar-refractivity contribution >= 4 is 16.3 Å². The lowest BCUT2D eigenvalue weighted by Gasteiger charge is -2.34. The van der Waals surface area contributed by atoms with Crippen LogP contribution in [0.5, 0.6) is 0 Å². The van der Waals surface area contributed by atoms with Crippen LogP contribution in [0.25, 0.3) is 4.96 Å². The fraction of sp³-hybridized carbons (Fsp3) is 0.786. The van der Waals surface area contributed by atoms with Crippen molar-refractivity contribution in [3.8, 4) is 0 Å². The van der Waals surface area contributed by atoms with Gasteiger partial charge in [0.2, 0.25) is 4.96 Å². The van der Waals surface area contributed by atoms with E-state index in [0.717, 1.165) is 62.8 Å². The number of aromatic nitrogens is 4. The van der Waals surface area contributed by atoms with Gasteiger partial charge in [0, 0.05) is 17.9 Å². The number of hydrogen-bond donors (Lipinski definition) is 1. The van der Waals surface area contributed by atoms with E-state index in [0.29, 0.717) is 5.92 Å². The van der Waals surface area contributed by atoms with Crippen LogP contribution in [-0.4, -0.2) is 46.1 Å². The molecule has 0 bridgehead atoms. The molecule has 2 saturated heterocycles. The number of ether oxygens (including phenoxy) is 1. The zero-order chi connectivity index (χ0) is 14.3. The van der Waals surface area contributed by atoms with Crippen LogP contribution in [0.1, 0.15) is 49.4 Å². The predicted octanol–water partition coefficient (Wildman–Crippen LogP) is 1.72. The second kappa shape index (κ2) is 5.30. The number of hydrogen-bond acceptors (Lipinski definition) is 6. The second-order valence-corrected chi connectivity index (χ2v) is 7.06. The molecule has 114 valence electrons. The van der Waals surface area contributed by atoms with E-state index in [1.807, 2.05) is 4.52 Å². The molecule has 4 rings (SSSR count). The van der Waals surface area contributed by atoms with Gasteiger partial charge in [0.05, 0.1) is 6.61 Å². The summed E-state index contributed by atoms with van der Waals surface area (Å²) in [6.45, 7) is 6.01. The van der Waals surface area contributed by atoms with Crippen LogP contribution in [-0.2, 0) is 10.2 Å². The van der Waals surface area contributed by atoms with Gasteiger partial charge in [-0.3, -0.25) is 0 Å². The summed E-state index contributed by atoms with van der Waals surface area (Å²) in [5.41, 5.74) is 0.222. The monoisotopic (exact) mass is 307 g/mol. The van der Waals surface area contributed by atoms with E-state index in [-0.39, 0.29) is 5.41 Å². The predicted molar refractivity (Wildman–Crippen MR) is 80.9 cm³/mol. The molecule has 21 heavy (non-hydrogen) atoms. The maximum absolute atomic E-state index is 5.48. The van der Waals surface area contributed by atoms with Gasteiger partial charge in [0.1, 0.15) is 5.01 Å². The van der Waals surface area contributed by atoms with E-state index in [1.54, 1.807) is 11.3 Å². The van der Waals surface area contributed by atoms with Crippen LogP contribution >= 0.6 is 11.3 Å². The first-order valence-electron chi connectivity index (χ1n) is 7.83. The van der Waals surface area contributed by atoms with Crippen LogP contribution < -0.4 is 5.32 Å². The van der Waals surface area contributed by atoms with Crippen molar-refractivity contribution in [3.63, 3.8) is 0 Å². The SMILES string of the molecule is CCC1(c2nn3c(C4CCOC4)nnc3s2)CCNCC1. The zero-order valence-corrected chi connectivity index (χ0v) is 13.2. The van der Waals surface area contributed by atoms with Gasteiger partial charge in [-0.25, -0.2) is 0 Å². The third-order valence-corrected chi connectivity index (χ3v) is 6.15. The van der Waals surface area contributed by atoms with E-state index >= 15 is 0 Å². The van der Waals surface area contributed by atoms with Crippen LogP contribution in [0.4, 0.5) is 0 Å². The summed E-state index contributed by atoms with van der Waals surface area (Å²) in [4.78, 5) is 0.929. The minimum atomic E-state index is 0.222. The summed E-state index contributed by atoms with van der Waals surface area (Å²) in [7, 11) is 0. The highest BCUT2D eigenvalue weighted by molar-refractivity contribution is 7.16. The number of piperidine rings is 1. The molecule has 1 N–H and O–H groups in total. The van der Waals surface area contributed by atoms with E-state index in [4.69, 9.17) is 9.84 Å².